The van der Waals surface area contributed by atoms with Gasteiger partial charge in [-0.3, -0.25) is 0 Å². The lowest BCUT2D eigenvalue weighted by atomic mass is 10.1. The summed E-state index contributed by atoms with van der Waals surface area (Å²) in [5.74, 6) is -0.611. The van der Waals surface area contributed by atoms with Crippen molar-refractivity contribution >= 4 is 6.08 Å². The van der Waals surface area contributed by atoms with Gasteiger partial charge in [-0.25, -0.2) is 0 Å². The van der Waals surface area contributed by atoms with Crippen molar-refractivity contribution in [3.05, 3.63) is 42.0 Å². The minimum atomic E-state index is -0.611. The first-order valence-corrected chi connectivity index (χ1v) is 6.86. The minimum Gasteiger partial charge on any atom is -0.375 e. The monoisotopic (exact) mass is 276 g/mol. The molecule has 2 fully saturated rings. The molecule has 0 bridgehead atoms. The van der Waals surface area contributed by atoms with Gasteiger partial charge in [-0.05, 0) is 19.4 Å². The van der Waals surface area contributed by atoms with Crippen LogP contribution in [0.1, 0.15) is 19.4 Å². The van der Waals surface area contributed by atoms with E-state index in [4.69, 9.17) is 18.9 Å². The third-order valence-electron chi connectivity index (χ3n) is 3.58. The van der Waals surface area contributed by atoms with Crippen LogP contribution in [0.2, 0.25) is 0 Å². The van der Waals surface area contributed by atoms with E-state index in [1.807, 2.05) is 56.3 Å². The lowest BCUT2D eigenvalue weighted by Crippen LogP contribution is -2.35. The molecule has 4 heteroatoms. The van der Waals surface area contributed by atoms with Gasteiger partial charge in [0.25, 0.3) is 0 Å². The second kappa shape index (κ2) is 5.30. The van der Waals surface area contributed by atoms with Crippen molar-refractivity contribution in [2.75, 3.05) is 7.11 Å². The zero-order chi connectivity index (χ0) is 14.2. The summed E-state index contributed by atoms with van der Waals surface area (Å²) >= 11 is 0. The molecule has 108 valence electrons. The largest absolute Gasteiger partial charge is 0.375 e. The molecule has 3 rings (SSSR count). The van der Waals surface area contributed by atoms with Crippen molar-refractivity contribution in [3.63, 3.8) is 0 Å². The van der Waals surface area contributed by atoms with Crippen LogP contribution in [0.25, 0.3) is 6.08 Å². The minimum absolute atomic E-state index is 0.151. The summed E-state index contributed by atoms with van der Waals surface area (Å²) < 4.78 is 23.0. The number of methoxy groups -OCH3 is 1. The average Bonchev–Trinajstić information content (AvgIpc) is 2.88. The zero-order valence-corrected chi connectivity index (χ0v) is 12.0. The van der Waals surface area contributed by atoms with Gasteiger partial charge in [0.1, 0.15) is 18.3 Å². The van der Waals surface area contributed by atoms with Crippen LogP contribution >= 0.6 is 0 Å². The third-order valence-corrected chi connectivity index (χ3v) is 3.58. The highest BCUT2D eigenvalue weighted by atomic mass is 16.8. The Morgan fingerprint density at radius 1 is 1.15 bits per heavy atom. The predicted octanol–water partition coefficient (Wildman–Crippen LogP) is 2.59. The van der Waals surface area contributed by atoms with E-state index in [9.17, 15) is 0 Å². The number of rotatable bonds is 3. The molecule has 0 unspecified atom stereocenters. The number of hydrogen-bond donors (Lipinski definition) is 0. The van der Waals surface area contributed by atoms with Crippen LogP contribution in [0, 0.1) is 0 Å². The summed E-state index contributed by atoms with van der Waals surface area (Å²) in [6.45, 7) is 3.77. The summed E-state index contributed by atoms with van der Waals surface area (Å²) in [4.78, 5) is 0. The van der Waals surface area contributed by atoms with Crippen LogP contribution in [0.5, 0.6) is 0 Å². The number of fused-ring (bicyclic) bond motifs is 1. The summed E-state index contributed by atoms with van der Waals surface area (Å²) in [5, 5.41) is 0. The lowest BCUT2D eigenvalue weighted by molar-refractivity contribution is -0.210. The summed E-state index contributed by atoms with van der Waals surface area (Å²) in [6.07, 6.45) is 3.18. The average molecular weight is 276 g/mol. The molecule has 4 atom stereocenters. The quantitative estimate of drug-likeness (QED) is 0.850. The Kier molecular flexibility index (Phi) is 3.65. The highest BCUT2D eigenvalue weighted by molar-refractivity contribution is 5.49. The fraction of sp³-hybridized carbons (Fsp3) is 0.500. The Balaban J connectivity index is 1.72. The van der Waals surface area contributed by atoms with Gasteiger partial charge in [0, 0.05) is 7.11 Å². The molecule has 0 amide bonds. The highest BCUT2D eigenvalue weighted by Gasteiger charge is 2.54. The molecule has 0 N–H and O–H groups in total. The van der Waals surface area contributed by atoms with E-state index in [-0.39, 0.29) is 24.6 Å². The first kappa shape index (κ1) is 13.8. The maximum Gasteiger partial charge on any atom is 0.190 e. The van der Waals surface area contributed by atoms with Gasteiger partial charge in [-0.15, -0.1) is 0 Å². The van der Waals surface area contributed by atoms with E-state index in [1.54, 1.807) is 7.11 Å². The van der Waals surface area contributed by atoms with Crippen LogP contribution in [0.3, 0.4) is 0 Å². The van der Waals surface area contributed by atoms with Crippen molar-refractivity contribution in [2.45, 2.75) is 44.2 Å². The predicted molar refractivity (Wildman–Crippen MR) is 75.0 cm³/mol. The normalized spacial score (nSPS) is 35.5. The van der Waals surface area contributed by atoms with Crippen molar-refractivity contribution in [1.82, 2.24) is 0 Å². The van der Waals surface area contributed by atoms with Gasteiger partial charge < -0.3 is 18.9 Å². The van der Waals surface area contributed by atoms with E-state index in [1.165, 1.54) is 0 Å². The molecule has 0 radical (unpaired) electrons. The number of ether oxygens (including phenoxy) is 4. The van der Waals surface area contributed by atoms with Crippen molar-refractivity contribution in [2.24, 2.45) is 0 Å². The maximum atomic E-state index is 5.89. The van der Waals surface area contributed by atoms with E-state index in [0.717, 1.165) is 5.56 Å². The Hall–Kier alpha value is -1.20. The topological polar surface area (TPSA) is 36.9 Å². The van der Waals surface area contributed by atoms with Gasteiger partial charge in [0.15, 0.2) is 12.1 Å². The smallest absolute Gasteiger partial charge is 0.190 e. The van der Waals surface area contributed by atoms with E-state index < -0.39 is 5.79 Å². The molecule has 1 aromatic rings. The van der Waals surface area contributed by atoms with E-state index >= 15 is 0 Å². The SMILES string of the molecule is CO[C@@H]1[C@H]2OC(C)(C)O[C@H]2O[C@@H]1/C=C/c1ccccc1. The van der Waals surface area contributed by atoms with Crippen LogP contribution in [0.15, 0.2) is 36.4 Å². The van der Waals surface area contributed by atoms with Crippen molar-refractivity contribution in [1.29, 1.82) is 0 Å². The first-order valence-electron chi connectivity index (χ1n) is 6.86. The molecule has 0 aliphatic carbocycles. The second-order valence-electron chi connectivity index (χ2n) is 5.54. The van der Waals surface area contributed by atoms with Gasteiger partial charge in [0.2, 0.25) is 0 Å². The van der Waals surface area contributed by atoms with Gasteiger partial charge >= 0.3 is 0 Å². The van der Waals surface area contributed by atoms with Crippen LogP contribution in [0.4, 0.5) is 0 Å². The molecule has 4 nitrogen and oxygen atoms in total. The van der Waals surface area contributed by atoms with E-state index in [0.29, 0.717) is 0 Å². The molecule has 2 aliphatic heterocycles. The molecule has 2 heterocycles. The third kappa shape index (κ3) is 2.65. The van der Waals surface area contributed by atoms with Gasteiger partial charge in [-0.1, -0.05) is 42.5 Å². The molecule has 1 aromatic carbocycles. The van der Waals surface area contributed by atoms with Crippen molar-refractivity contribution < 1.29 is 18.9 Å². The Morgan fingerprint density at radius 2 is 1.90 bits per heavy atom. The Labute approximate surface area is 119 Å². The number of benzene rings is 1. The van der Waals surface area contributed by atoms with Crippen LogP contribution in [-0.2, 0) is 18.9 Å². The fourth-order valence-electron chi connectivity index (χ4n) is 2.70. The molecule has 2 saturated heterocycles. The molecule has 0 spiro atoms. The zero-order valence-electron chi connectivity index (χ0n) is 12.0. The maximum absolute atomic E-state index is 5.89. The second-order valence-corrected chi connectivity index (χ2v) is 5.54. The van der Waals surface area contributed by atoms with Gasteiger partial charge in [0.05, 0.1) is 0 Å². The van der Waals surface area contributed by atoms with Crippen LogP contribution in [-0.4, -0.2) is 37.5 Å². The highest BCUT2D eigenvalue weighted by Crippen LogP contribution is 2.38. The lowest BCUT2D eigenvalue weighted by Gasteiger charge is -2.23. The molecule has 0 saturated carbocycles. The van der Waals surface area contributed by atoms with E-state index in [2.05, 4.69) is 0 Å². The summed E-state index contributed by atoms with van der Waals surface area (Å²) in [6, 6.07) is 10.1. The van der Waals surface area contributed by atoms with Crippen molar-refractivity contribution in [3.8, 4) is 0 Å². The molecule has 2 aliphatic rings. The number of hydrogen-bond acceptors (Lipinski definition) is 4. The van der Waals surface area contributed by atoms with Crippen LogP contribution < -0.4 is 0 Å². The first-order chi connectivity index (χ1) is 9.59. The standard InChI is InChI=1S/C16H20O4/c1-16(2)19-14-13(17-3)12(18-15(14)20-16)10-9-11-7-5-4-6-8-11/h4-10,12-15H,1-3H3/b10-9+/t12-,13+,14-,15-/m1/s1. The summed E-state index contributed by atoms with van der Waals surface area (Å²) in [5.41, 5.74) is 1.13. The summed E-state index contributed by atoms with van der Waals surface area (Å²) in [7, 11) is 1.68. The fourth-order valence-corrected chi connectivity index (χ4v) is 2.70. The van der Waals surface area contributed by atoms with Gasteiger partial charge in [-0.2, -0.15) is 0 Å². The molecular formula is C16H20O4. The Bertz CT molecular complexity index is 483. The molecular weight excluding hydrogens is 256 g/mol. The molecule has 0 aromatic heterocycles. The Morgan fingerprint density at radius 3 is 2.60 bits per heavy atom. The molecule has 20 heavy (non-hydrogen) atoms.